The molecule has 1 aliphatic rings. The minimum absolute atomic E-state index is 0.0793. The van der Waals surface area contributed by atoms with Gasteiger partial charge in [0.2, 0.25) is 5.91 Å². The number of ether oxygens (including phenoxy) is 1. The number of nitrogens with zero attached hydrogens (tertiary/aromatic N) is 1. The van der Waals surface area contributed by atoms with E-state index in [1.54, 1.807) is 6.92 Å². The van der Waals surface area contributed by atoms with Gasteiger partial charge in [0.25, 0.3) is 0 Å². The van der Waals surface area contributed by atoms with Gasteiger partial charge >= 0.3 is 5.97 Å². The van der Waals surface area contributed by atoms with Crippen LogP contribution >= 0.6 is 0 Å². The van der Waals surface area contributed by atoms with E-state index < -0.39 is 6.04 Å². The molecule has 0 radical (unpaired) electrons. The second-order valence-corrected chi connectivity index (χ2v) is 6.68. The Bertz CT molecular complexity index is 709. The summed E-state index contributed by atoms with van der Waals surface area (Å²) in [5, 5.41) is 2.87. The number of carbonyl (C=O) groups is 2. The lowest BCUT2D eigenvalue weighted by Gasteiger charge is -2.37. The van der Waals surface area contributed by atoms with Gasteiger partial charge in [-0.3, -0.25) is 14.5 Å². The van der Waals surface area contributed by atoms with Crippen LogP contribution in [0.25, 0.3) is 0 Å². The third kappa shape index (κ3) is 4.95. The number of hydrogen-bond donors (Lipinski definition) is 1. The van der Waals surface area contributed by atoms with Crippen LogP contribution in [0.2, 0.25) is 0 Å². The van der Waals surface area contributed by atoms with Gasteiger partial charge in [-0.15, -0.1) is 0 Å². The van der Waals surface area contributed by atoms with E-state index in [0.29, 0.717) is 26.2 Å². The number of esters is 1. The Hall–Kier alpha value is -2.66. The first-order chi connectivity index (χ1) is 13.2. The van der Waals surface area contributed by atoms with Gasteiger partial charge in [0.1, 0.15) is 0 Å². The van der Waals surface area contributed by atoms with E-state index in [9.17, 15) is 9.59 Å². The van der Waals surface area contributed by atoms with Crippen molar-refractivity contribution >= 4 is 11.9 Å². The van der Waals surface area contributed by atoms with E-state index in [1.807, 2.05) is 36.4 Å². The van der Waals surface area contributed by atoms with Crippen LogP contribution in [0.3, 0.4) is 0 Å². The van der Waals surface area contributed by atoms with Crippen LogP contribution in [0.1, 0.15) is 30.4 Å². The van der Waals surface area contributed by atoms with Gasteiger partial charge in [-0.05, 0) is 18.1 Å². The van der Waals surface area contributed by atoms with Crippen LogP contribution in [-0.4, -0.2) is 49.1 Å². The lowest BCUT2D eigenvalue weighted by atomic mass is 9.90. The van der Waals surface area contributed by atoms with E-state index in [4.69, 9.17) is 4.74 Å². The quantitative estimate of drug-likeness (QED) is 0.765. The highest BCUT2D eigenvalue weighted by molar-refractivity contribution is 5.87. The fraction of sp³-hybridized carbons (Fsp3) is 0.364. The monoisotopic (exact) mass is 366 g/mol. The molecule has 1 aliphatic heterocycles. The van der Waals surface area contributed by atoms with Crippen LogP contribution in [0, 0.1) is 0 Å². The molecule has 5 heteroatoms. The molecule has 5 nitrogen and oxygen atoms in total. The molecule has 2 aromatic carbocycles. The van der Waals surface area contributed by atoms with E-state index in [0.717, 1.165) is 0 Å². The number of piperazine rings is 1. The summed E-state index contributed by atoms with van der Waals surface area (Å²) in [4.78, 5) is 26.5. The van der Waals surface area contributed by atoms with Gasteiger partial charge in [-0.1, -0.05) is 60.7 Å². The van der Waals surface area contributed by atoms with Crippen LogP contribution in [-0.2, 0) is 14.3 Å². The van der Waals surface area contributed by atoms with Gasteiger partial charge < -0.3 is 10.1 Å². The first-order valence-corrected chi connectivity index (χ1v) is 9.46. The van der Waals surface area contributed by atoms with Crippen molar-refractivity contribution in [3.63, 3.8) is 0 Å². The van der Waals surface area contributed by atoms with Gasteiger partial charge in [-0.25, -0.2) is 0 Å². The Labute approximate surface area is 160 Å². The Kier molecular flexibility index (Phi) is 6.60. The molecule has 1 N–H and O–H groups in total. The van der Waals surface area contributed by atoms with Crippen molar-refractivity contribution in [1.29, 1.82) is 0 Å². The number of rotatable bonds is 7. The molecular weight excluding hydrogens is 340 g/mol. The highest BCUT2D eigenvalue weighted by Gasteiger charge is 2.33. The first-order valence-electron chi connectivity index (χ1n) is 9.46. The summed E-state index contributed by atoms with van der Waals surface area (Å²) in [5.74, 6) is -0.308. The molecular formula is C22H26N2O3. The minimum Gasteiger partial charge on any atom is -0.466 e. The summed E-state index contributed by atoms with van der Waals surface area (Å²) in [6, 6.07) is 20.1. The summed E-state index contributed by atoms with van der Waals surface area (Å²) in [5.41, 5.74) is 2.40. The number of benzene rings is 2. The summed E-state index contributed by atoms with van der Waals surface area (Å²) < 4.78 is 5.07. The smallest absolute Gasteiger partial charge is 0.307 e. The molecule has 27 heavy (non-hydrogen) atoms. The predicted octanol–water partition coefficient (Wildman–Crippen LogP) is 2.57. The fourth-order valence-electron chi connectivity index (χ4n) is 3.59. The molecule has 0 saturated carbocycles. The van der Waals surface area contributed by atoms with E-state index in [-0.39, 0.29) is 24.2 Å². The zero-order chi connectivity index (χ0) is 19.1. The lowest BCUT2D eigenvalue weighted by molar-refractivity contribution is -0.148. The maximum absolute atomic E-state index is 12.4. The Morgan fingerprint density at radius 3 is 2.26 bits per heavy atom. The van der Waals surface area contributed by atoms with Crippen molar-refractivity contribution in [2.45, 2.75) is 25.3 Å². The lowest BCUT2D eigenvalue weighted by Crippen LogP contribution is -2.56. The molecule has 142 valence electrons. The number of hydrogen-bond acceptors (Lipinski definition) is 4. The molecule has 2 aromatic rings. The predicted molar refractivity (Wildman–Crippen MR) is 104 cm³/mol. The molecule has 0 aromatic heterocycles. The molecule has 3 rings (SSSR count). The highest BCUT2D eigenvalue weighted by atomic mass is 16.5. The van der Waals surface area contributed by atoms with Crippen molar-refractivity contribution in [2.75, 3.05) is 26.2 Å². The Morgan fingerprint density at radius 1 is 1.11 bits per heavy atom. The van der Waals surface area contributed by atoms with Crippen molar-refractivity contribution in [1.82, 2.24) is 10.2 Å². The molecule has 0 bridgehead atoms. The van der Waals surface area contributed by atoms with Gasteiger partial charge in [-0.2, -0.15) is 0 Å². The van der Waals surface area contributed by atoms with Crippen molar-refractivity contribution in [2.24, 2.45) is 0 Å². The number of nitrogens with one attached hydrogen (secondary N) is 1. The van der Waals surface area contributed by atoms with E-state index >= 15 is 0 Å². The molecule has 0 spiro atoms. The zero-order valence-corrected chi connectivity index (χ0v) is 15.6. The molecule has 1 heterocycles. The minimum atomic E-state index is -0.493. The van der Waals surface area contributed by atoms with Gasteiger partial charge in [0, 0.05) is 25.6 Å². The van der Waals surface area contributed by atoms with Gasteiger partial charge in [0.15, 0.2) is 0 Å². The third-order valence-electron chi connectivity index (χ3n) is 4.93. The SMILES string of the molecule is CCOC(=O)CC1C(=O)NCCN1CC(c1ccccc1)c1ccccc1. The van der Waals surface area contributed by atoms with E-state index in [1.165, 1.54) is 11.1 Å². The zero-order valence-electron chi connectivity index (χ0n) is 15.6. The molecule has 0 aliphatic carbocycles. The Morgan fingerprint density at radius 2 is 1.70 bits per heavy atom. The highest BCUT2D eigenvalue weighted by Crippen LogP contribution is 2.27. The van der Waals surface area contributed by atoms with Crippen molar-refractivity contribution in [3.05, 3.63) is 71.8 Å². The van der Waals surface area contributed by atoms with Crippen molar-refractivity contribution < 1.29 is 14.3 Å². The summed E-state index contributed by atoms with van der Waals surface area (Å²) >= 11 is 0. The van der Waals surface area contributed by atoms with Crippen LogP contribution in [0.4, 0.5) is 0 Å². The Balaban J connectivity index is 1.84. The van der Waals surface area contributed by atoms with E-state index in [2.05, 4.69) is 34.5 Å². The third-order valence-corrected chi connectivity index (χ3v) is 4.93. The normalized spacial score (nSPS) is 17.6. The first kappa shape index (κ1) is 19.1. The molecule has 1 unspecified atom stereocenters. The average Bonchev–Trinajstić information content (AvgIpc) is 2.70. The topological polar surface area (TPSA) is 58.6 Å². The van der Waals surface area contributed by atoms with Crippen LogP contribution < -0.4 is 5.32 Å². The molecule has 1 fully saturated rings. The second-order valence-electron chi connectivity index (χ2n) is 6.68. The summed E-state index contributed by atoms with van der Waals surface area (Å²) in [7, 11) is 0. The van der Waals surface area contributed by atoms with Gasteiger partial charge in [0.05, 0.1) is 19.1 Å². The summed E-state index contributed by atoms with van der Waals surface area (Å²) in [6.07, 6.45) is 0.0793. The van der Waals surface area contributed by atoms with Crippen molar-refractivity contribution in [3.8, 4) is 0 Å². The second kappa shape index (κ2) is 9.33. The number of carbonyl (C=O) groups excluding carboxylic acids is 2. The molecule has 1 saturated heterocycles. The van der Waals surface area contributed by atoms with Crippen LogP contribution in [0.15, 0.2) is 60.7 Å². The summed E-state index contributed by atoms with van der Waals surface area (Å²) in [6.45, 7) is 4.08. The maximum atomic E-state index is 12.4. The average molecular weight is 366 g/mol. The van der Waals surface area contributed by atoms with Crippen LogP contribution in [0.5, 0.6) is 0 Å². The fourth-order valence-corrected chi connectivity index (χ4v) is 3.59. The molecule has 1 atom stereocenters. The standard InChI is InChI=1S/C22H26N2O3/c1-2-27-21(25)15-20-22(26)23-13-14-24(20)16-19(17-9-5-3-6-10-17)18-11-7-4-8-12-18/h3-12,19-20H,2,13-16H2,1H3,(H,23,26). The number of amides is 1. The molecule has 1 amide bonds. The maximum Gasteiger partial charge on any atom is 0.307 e. The largest absolute Gasteiger partial charge is 0.466 e.